The predicted molar refractivity (Wildman–Crippen MR) is 60.2 cm³/mol. The van der Waals surface area contributed by atoms with Crippen LogP contribution in [0.15, 0.2) is 0 Å². The smallest absolute Gasteiger partial charge is 0.241 e. The van der Waals surface area contributed by atoms with Gasteiger partial charge in [0.15, 0.2) is 0 Å². The van der Waals surface area contributed by atoms with E-state index in [1.54, 1.807) is 4.90 Å². The van der Waals surface area contributed by atoms with E-state index in [0.717, 1.165) is 19.3 Å². The largest absolute Gasteiger partial charge is 0.322 e. The van der Waals surface area contributed by atoms with E-state index in [1.807, 2.05) is 13.8 Å². The second kappa shape index (κ2) is 4.06. The van der Waals surface area contributed by atoms with Gasteiger partial charge in [0.05, 0.1) is 12.1 Å². The van der Waals surface area contributed by atoms with Crippen molar-refractivity contribution in [1.82, 2.24) is 4.90 Å². The van der Waals surface area contributed by atoms with Crippen molar-refractivity contribution in [1.29, 1.82) is 5.26 Å². The minimum Gasteiger partial charge on any atom is -0.322 e. The van der Waals surface area contributed by atoms with Gasteiger partial charge < -0.3 is 10.6 Å². The summed E-state index contributed by atoms with van der Waals surface area (Å²) in [5.74, 6) is 0.730. The molecule has 0 spiro atoms. The van der Waals surface area contributed by atoms with Gasteiger partial charge in [0.25, 0.3) is 0 Å². The van der Waals surface area contributed by atoms with Gasteiger partial charge >= 0.3 is 0 Å². The lowest BCUT2D eigenvalue weighted by atomic mass is 9.98. The van der Waals surface area contributed by atoms with E-state index in [9.17, 15) is 4.79 Å². The fourth-order valence-electron chi connectivity index (χ4n) is 2.56. The summed E-state index contributed by atoms with van der Waals surface area (Å²) in [7, 11) is 0. The number of nitriles is 1. The lowest BCUT2D eigenvalue weighted by molar-refractivity contribution is -0.134. The zero-order valence-electron chi connectivity index (χ0n) is 9.89. The van der Waals surface area contributed by atoms with Gasteiger partial charge in [-0.25, -0.2) is 0 Å². The molecule has 0 aromatic carbocycles. The van der Waals surface area contributed by atoms with Crippen molar-refractivity contribution in [3.63, 3.8) is 0 Å². The van der Waals surface area contributed by atoms with Gasteiger partial charge in [-0.2, -0.15) is 5.26 Å². The van der Waals surface area contributed by atoms with E-state index in [-0.39, 0.29) is 17.9 Å². The van der Waals surface area contributed by atoms with Crippen molar-refractivity contribution in [2.24, 2.45) is 17.6 Å². The summed E-state index contributed by atoms with van der Waals surface area (Å²) in [6.07, 6.45) is 2.81. The van der Waals surface area contributed by atoms with Crippen molar-refractivity contribution >= 4 is 5.91 Å². The standard InChI is InChI=1S/C12H19N3O/c1-3-7(2)11(14)12(16)15-9(6-13)4-8-5-10(8)15/h7-11H,3-5,14H2,1-2H3/t7?,8-,9?,10+,11+/m1/s1. The van der Waals surface area contributed by atoms with Gasteiger partial charge in [0.2, 0.25) is 5.91 Å². The fraction of sp³-hybridized carbons (Fsp3) is 0.833. The average Bonchev–Trinajstić information content (AvgIpc) is 2.97. The van der Waals surface area contributed by atoms with Crippen molar-refractivity contribution in [3.05, 3.63) is 0 Å². The van der Waals surface area contributed by atoms with Crippen molar-refractivity contribution in [3.8, 4) is 6.07 Å². The van der Waals surface area contributed by atoms with Crippen LogP contribution in [0, 0.1) is 23.2 Å². The summed E-state index contributed by atoms with van der Waals surface area (Å²) >= 11 is 0. The molecule has 1 aliphatic heterocycles. The van der Waals surface area contributed by atoms with Gasteiger partial charge in [-0.1, -0.05) is 20.3 Å². The molecule has 1 amide bonds. The summed E-state index contributed by atoms with van der Waals surface area (Å²) < 4.78 is 0. The molecule has 1 heterocycles. The van der Waals surface area contributed by atoms with Gasteiger partial charge in [0.1, 0.15) is 6.04 Å². The van der Waals surface area contributed by atoms with Gasteiger partial charge in [-0.05, 0) is 24.7 Å². The van der Waals surface area contributed by atoms with E-state index in [0.29, 0.717) is 12.0 Å². The van der Waals surface area contributed by atoms with E-state index in [1.165, 1.54) is 0 Å². The minimum absolute atomic E-state index is 0.0223. The predicted octanol–water partition coefficient (Wildman–Crippen LogP) is 0.873. The molecule has 2 unspecified atom stereocenters. The zero-order chi connectivity index (χ0) is 11.9. The number of piperidine rings is 1. The Labute approximate surface area is 96.4 Å². The van der Waals surface area contributed by atoms with Crippen LogP contribution in [-0.4, -0.2) is 28.9 Å². The van der Waals surface area contributed by atoms with Crippen LogP contribution in [-0.2, 0) is 4.79 Å². The Bertz CT molecular complexity index is 336. The zero-order valence-corrected chi connectivity index (χ0v) is 9.89. The molecule has 16 heavy (non-hydrogen) atoms. The van der Waals surface area contributed by atoms with Crippen LogP contribution < -0.4 is 5.73 Å². The summed E-state index contributed by atoms with van der Waals surface area (Å²) in [5.41, 5.74) is 5.95. The SMILES string of the molecule is CCC(C)[C@H](N)C(=O)N1C(C#N)C[C@@H]2C[C@@H]21. The van der Waals surface area contributed by atoms with Crippen LogP contribution in [0.4, 0.5) is 0 Å². The third-order valence-corrected chi connectivity index (χ3v) is 4.05. The summed E-state index contributed by atoms with van der Waals surface area (Å²) in [5, 5.41) is 9.02. The maximum Gasteiger partial charge on any atom is 0.241 e. The van der Waals surface area contributed by atoms with E-state index in [4.69, 9.17) is 11.0 Å². The molecule has 1 aliphatic carbocycles. The third kappa shape index (κ3) is 1.69. The molecular formula is C12H19N3O. The number of hydrogen-bond donors (Lipinski definition) is 1. The molecule has 0 bridgehead atoms. The summed E-state index contributed by atoms with van der Waals surface area (Å²) in [6, 6.07) is 1.85. The molecule has 0 aromatic rings. The number of nitrogens with zero attached hydrogens (tertiary/aromatic N) is 2. The van der Waals surface area contributed by atoms with Crippen LogP contribution in [0.5, 0.6) is 0 Å². The molecular weight excluding hydrogens is 202 g/mol. The van der Waals surface area contributed by atoms with Crippen molar-refractivity contribution in [2.75, 3.05) is 0 Å². The first-order chi connectivity index (χ1) is 7.60. The lowest BCUT2D eigenvalue weighted by Crippen LogP contribution is -2.49. The third-order valence-electron chi connectivity index (χ3n) is 4.05. The Kier molecular flexibility index (Phi) is 2.90. The molecule has 0 radical (unpaired) electrons. The average molecular weight is 221 g/mol. The Balaban J connectivity index is 2.06. The normalized spacial score (nSPS) is 35.1. The monoisotopic (exact) mass is 221 g/mol. The highest BCUT2D eigenvalue weighted by Crippen LogP contribution is 2.47. The number of carbonyl (C=O) groups excluding carboxylic acids is 1. The topological polar surface area (TPSA) is 70.1 Å². The highest BCUT2D eigenvalue weighted by atomic mass is 16.2. The highest BCUT2D eigenvalue weighted by Gasteiger charge is 2.54. The maximum absolute atomic E-state index is 12.2. The molecule has 2 fully saturated rings. The molecule has 4 heteroatoms. The molecule has 4 nitrogen and oxygen atoms in total. The quantitative estimate of drug-likeness (QED) is 0.768. The molecule has 2 rings (SSSR count). The molecule has 1 saturated heterocycles. The molecule has 2 N–H and O–H groups in total. The van der Waals surface area contributed by atoms with Gasteiger partial charge in [0, 0.05) is 6.04 Å². The molecule has 1 saturated carbocycles. The van der Waals surface area contributed by atoms with Crippen LogP contribution in [0.2, 0.25) is 0 Å². The van der Waals surface area contributed by atoms with Crippen molar-refractivity contribution in [2.45, 2.75) is 51.2 Å². The first-order valence-electron chi connectivity index (χ1n) is 6.07. The second-order valence-electron chi connectivity index (χ2n) is 5.10. The number of nitrogens with two attached hydrogens (primary N) is 1. The minimum atomic E-state index is -0.444. The van der Waals surface area contributed by atoms with E-state index < -0.39 is 6.04 Å². The lowest BCUT2D eigenvalue weighted by Gasteiger charge is -2.28. The highest BCUT2D eigenvalue weighted by molar-refractivity contribution is 5.83. The second-order valence-corrected chi connectivity index (χ2v) is 5.10. The first-order valence-corrected chi connectivity index (χ1v) is 6.07. The molecule has 88 valence electrons. The number of hydrogen-bond acceptors (Lipinski definition) is 3. The maximum atomic E-state index is 12.2. The van der Waals surface area contributed by atoms with Gasteiger partial charge in [-0.15, -0.1) is 0 Å². The number of rotatable bonds is 3. The Morgan fingerprint density at radius 3 is 2.88 bits per heavy atom. The number of fused-ring (bicyclic) bond motifs is 1. The number of amides is 1. The summed E-state index contributed by atoms with van der Waals surface area (Å²) in [6.45, 7) is 4.02. The van der Waals surface area contributed by atoms with Crippen LogP contribution in [0.1, 0.15) is 33.1 Å². The summed E-state index contributed by atoms with van der Waals surface area (Å²) in [4.78, 5) is 14.0. The van der Waals surface area contributed by atoms with E-state index in [2.05, 4.69) is 6.07 Å². The Morgan fingerprint density at radius 2 is 2.31 bits per heavy atom. The number of carbonyl (C=O) groups is 1. The molecule has 0 aromatic heterocycles. The van der Waals surface area contributed by atoms with Crippen LogP contribution in [0.3, 0.4) is 0 Å². The Morgan fingerprint density at radius 1 is 1.62 bits per heavy atom. The number of likely N-dealkylation sites (tertiary alicyclic amines) is 1. The fourth-order valence-corrected chi connectivity index (χ4v) is 2.56. The van der Waals surface area contributed by atoms with Crippen molar-refractivity contribution < 1.29 is 4.79 Å². The van der Waals surface area contributed by atoms with Crippen LogP contribution in [0.25, 0.3) is 0 Å². The Hall–Kier alpha value is -1.08. The molecule has 2 aliphatic rings. The van der Waals surface area contributed by atoms with Gasteiger partial charge in [-0.3, -0.25) is 4.79 Å². The first kappa shape index (κ1) is 11.4. The van der Waals surface area contributed by atoms with Crippen LogP contribution >= 0.6 is 0 Å². The van der Waals surface area contributed by atoms with E-state index >= 15 is 0 Å². The molecule has 5 atom stereocenters.